The number of halogens is 3. The molecule has 0 amide bonds. The predicted molar refractivity (Wildman–Crippen MR) is 61.6 cm³/mol. The molecular weight excluding hydrogens is 261 g/mol. The van der Waals surface area contributed by atoms with Crippen molar-refractivity contribution in [3.05, 3.63) is 29.3 Å². The fraction of sp³-hybridized carbons (Fsp3) is 0.417. The highest BCUT2D eigenvalue weighted by Gasteiger charge is 2.34. The summed E-state index contributed by atoms with van der Waals surface area (Å²) in [6.07, 6.45) is -5.53. The van der Waals surface area contributed by atoms with E-state index in [4.69, 9.17) is 10.00 Å². The molecule has 0 fully saturated rings. The maximum Gasteiger partial charge on any atom is 0.420 e. The van der Waals surface area contributed by atoms with Crippen molar-refractivity contribution in [3.8, 4) is 11.8 Å². The Hall–Kier alpha value is -1.78. The molecule has 0 aliphatic heterocycles. The molecule has 7 heteroatoms. The fourth-order valence-corrected chi connectivity index (χ4v) is 1.43. The SMILES string of the molecule is CNCC(O)COc1ccc(C#N)cc1C(F)(F)F. The van der Waals surface area contributed by atoms with Gasteiger partial charge in [0.25, 0.3) is 0 Å². The Bertz CT molecular complexity index is 469. The molecule has 0 heterocycles. The van der Waals surface area contributed by atoms with Gasteiger partial charge in [-0.05, 0) is 25.2 Å². The number of alkyl halides is 3. The normalized spacial score (nSPS) is 12.8. The second-order valence-corrected chi connectivity index (χ2v) is 3.84. The van der Waals surface area contributed by atoms with Crippen molar-refractivity contribution in [2.45, 2.75) is 12.3 Å². The molecule has 4 nitrogen and oxygen atoms in total. The molecule has 0 aliphatic rings. The first-order chi connectivity index (χ1) is 8.88. The molecule has 0 spiro atoms. The number of nitrogens with one attached hydrogen (secondary N) is 1. The first-order valence-corrected chi connectivity index (χ1v) is 5.45. The van der Waals surface area contributed by atoms with Crippen molar-refractivity contribution in [1.82, 2.24) is 5.32 Å². The molecule has 1 unspecified atom stereocenters. The van der Waals surface area contributed by atoms with Gasteiger partial charge in [0.05, 0.1) is 17.2 Å². The van der Waals surface area contributed by atoms with E-state index >= 15 is 0 Å². The molecule has 0 radical (unpaired) electrons. The molecular formula is C12H13F3N2O2. The smallest absolute Gasteiger partial charge is 0.420 e. The summed E-state index contributed by atoms with van der Waals surface area (Å²) in [5.41, 5.74) is -1.13. The van der Waals surface area contributed by atoms with Crippen LogP contribution >= 0.6 is 0 Å². The monoisotopic (exact) mass is 274 g/mol. The maximum absolute atomic E-state index is 12.8. The number of hydrogen-bond donors (Lipinski definition) is 2. The lowest BCUT2D eigenvalue weighted by Gasteiger charge is -2.16. The van der Waals surface area contributed by atoms with Crippen LogP contribution in [0.4, 0.5) is 13.2 Å². The summed E-state index contributed by atoms with van der Waals surface area (Å²) in [4.78, 5) is 0. The van der Waals surface area contributed by atoms with Crippen LogP contribution in [0.3, 0.4) is 0 Å². The summed E-state index contributed by atoms with van der Waals surface area (Å²) in [5.74, 6) is -0.401. The van der Waals surface area contributed by atoms with Crippen LogP contribution in [-0.4, -0.2) is 31.4 Å². The van der Waals surface area contributed by atoms with E-state index in [-0.39, 0.29) is 18.7 Å². The Kier molecular flexibility index (Phi) is 5.15. The van der Waals surface area contributed by atoms with Gasteiger partial charge in [-0.1, -0.05) is 0 Å². The summed E-state index contributed by atoms with van der Waals surface area (Å²) in [5, 5.41) is 20.7. The van der Waals surface area contributed by atoms with E-state index in [1.54, 1.807) is 13.1 Å². The van der Waals surface area contributed by atoms with Crippen molar-refractivity contribution in [2.75, 3.05) is 20.2 Å². The molecule has 0 saturated carbocycles. The zero-order chi connectivity index (χ0) is 14.5. The summed E-state index contributed by atoms with van der Waals surface area (Å²) in [6.45, 7) is -0.0621. The maximum atomic E-state index is 12.8. The van der Waals surface area contributed by atoms with E-state index in [2.05, 4.69) is 5.32 Å². The third kappa shape index (κ3) is 4.43. The summed E-state index contributed by atoms with van der Waals surface area (Å²) in [6, 6.07) is 4.67. The number of likely N-dealkylation sites (N-methyl/N-ethyl adjacent to an activating group) is 1. The lowest BCUT2D eigenvalue weighted by molar-refractivity contribution is -0.139. The lowest BCUT2D eigenvalue weighted by atomic mass is 10.1. The third-order valence-electron chi connectivity index (χ3n) is 2.29. The van der Waals surface area contributed by atoms with Crippen LogP contribution in [-0.2, 0) is 6.18 Å². The molecule has 104 valence electrons. The second kappa shape index (κ2) is 6.41. The van der Waals surface area contributed by atoms with Gasteiger partial charge in [0, 0.05) is 6.54 Å². The van der Waals surface area contributed by atoms with Gasteiger partial charge in [-0.25, -0.2) is 0 Å². The van der Waals surface area contributed by atoms with Gasteiger partial charge < -0.3 is 15.2 Å². The standard InChI is InChI=1S/C12H13F3N2O2/c1-17-6-9(18)7-19-11-3-2-8(5-16)4-10(11)12(13,14)15/h2-4,9,17-18H,6-7H2,1H3. The number of benzene rings is 1. The largest absolute Gasteiger partial charge is 0.490 e. The van der Waals surface area contributed by atoms with Crippen LogP contribution < -0.4 is 10.1 Å². The number of nitrogens with zero attached hydrogens (tertiary/aromatic N) is 1. The van der Waals surface area contributed by atoms with Crippen molar-refractivity contribution >= 4 is 0 Å². The number of nitriles is 1. The molecule has 1 aromatic carbocycles. The van der Waals surface area contributed by atoms with Gasteiger partial charge >= 0.3 is 6.18 Å². The molecule has 1 atom stereocenters. The van der Waals surface area contributed by atoms with E-state index < -0.39 is 23.6 Å². The Morgan fingerprint density at radius 2 is 2.16 bits per heavy atom. The molecule has 0 aliphatic carbocycles. The minimum atomic E-state index is -4.61. The van der Waals surface area contributed by atoms with E-state index in [0.29, 0.717) is 0 Å². The Morgan fingerprint density at radius 3 is 2.68 bits per heavy atom. The topological polar surface area (TPSA) is 65.3 Å². The van der Waals surface area contributed by atoms with Crippen LogP contribution in [0, 0.1) is 11.3 Å². The number of hydrogen-bond acceptors (Lipinski definition) is 4. The highest BCUT2D eigenvalue weighted by Crippen LogP contribution is 2.36. The zero-order valence-electron chi connectivity index (χ0n) is 10.2. The molecule has 2 N–H and O–H groups in total. The fourth-order valence-electron chi connectivity index (χ4n) is 1.43. The van der Waals surface area contributed by atoms with Crippen molar-refractivity contribution in [1.29, 1.82) is 5.26 Å². The van der Waals surface area contributed by atoms with E-state index in [1.807, 2.05) is 0 Å². The average Bonchev–Trinajstić information content (AvgIpc) is 2.35. The minimum absolute atomic E-state index is 0.101. The summed E-state index contributed by atoms with van der Waals surface area (Å²) < 4.78 is 43.3. The van der Waals surface area contributed by atoms with Crippen LogP contribution in [0.1, 0.15) is 11.1 Å². The highest BCUT2D eigenvalue weighted by atomic mass is 19.4. The van der Waals surface area contributed by atoms with Gasteiger partial charge in [-0.3, -0.25) is 0 Å². The summed E-state index contributed by atoms with van der Waals surface area (Å²) >= 11 is 0. The summed E-state index contributed by atoms with van der Waals surface area (Å²) in [7, 11) is 1.60. The van der Waals surface area contributed by atoms with Gasteiger partial charge in [-0.2, -0.15) is 18.4 Å². The zero-order valence-corrected chi connectivity index (χ0v) is 10.2. The van der Waals surface area contributed by atoms with E-state index in [9.17, 15) is 18.3 Å². The lowest BCUT2D eigenvalue weighted by Crippen LogP contribution is -2.29. The number of rotatable bonds is 5. The Morgan fingerprint density at radius 1 is 1.47 bits per heavy atom. The predicted octanol–water partition coefficient (Wildman–Crippen LogP) is 1.54. The highest BCUT2D eigenvalue weighted by molar-refractivity contribution is 5.43. The molecule has 0 saturated heterocycles. The molecule has 0 aromatic heterocycles. The minimum Gasteiger partial charge on any atom is -0.490 e. The molecule has 19 heavy (non-hydrogen) atoms. The van der Waals surface area contributed by atoms with Crippen LogP contribution in [0.5, 0.6) is 5.75 Å². The number of aliphatic hydroxyl groups is 1. The third-order valence-corrected chi connectivity index (χ3v) is 2.29. The molecule has 1 rings (SSSR count). The van der Waals surface area contributed by atoms with Crippen LogP contribution in [0.25, 0.3) is 0 Å². The Labute approximate surface area is 108 Å². The van der Waals surface area contributed by atoms with Crippen LogP contribution in [0.2, 0.25) is 0 Å². The van der Waals surface area contributed by atoms with Gasteiger partial charge in [0.2, 0.25) is 0 Å². The van der Waals surface area contributed by atoms with Crippen molar-refractivity contribution in [3.63, 3.8) is 0 Å². The van der Waals surface area contributed by atoms with Gasteiger partial charge in [0.1, 0.15) is 18.5 Å². The second-order valence-electron chi connectivity index (χ2n) is 3.84. The molecule has 1 aromatic rings. The van der Waals surface area contributed by atoms with Gasteiger partial charge in [-0.15, -0.1) is 0 Å². The number of ether oxygens (including phenoxy) is 1. The van der Waals surface area contributed by atoms with Crippen LogP contribution in [0.15, 0.2) is 18.2 Å². The van der Waals surface area contributed by atoms with Gasteiger partial charge in [0.15, 0.2) is 0 Å². The quantitative estimate of drug-likeness (QED) is 0.854. The average molecular weight is 274 g/mol. The molecule has 0 bridgehead atoms. The van der Waals surface area contributed by atoms with Crippen molar-refractivity contribution in [2.24, 2.45) is 0 Å². The first-order valence-electron chi connectivity index (χ1n) is 5.45. The van der Waals surface area contributed by atoms with Crippen molar-refractivity contribution < 1.29 is 23.0 Å². The number of aliphatic hydroxyl groups excluding tert-OH is 1. The van der Waals surface area contributed by atoms with E-state index in [0.717, 1.165) is 12.1 Å². The first kappa shape index (κ1) is 15.3. The van der Waals surface area contributed by atoms with E-state index in [1.165, 1.54) is 6.07 Å². The Balaban J connectivity index is 2.91.